The minimum Gasteiger partial charge on any atom is -0.477 e. The minimum absolute atomic E-state index is 0. The van der Waals surface area contributed by atoms with E-state index in [1.165, 1.54) is 19.2 Å². The van der Waals surface area contributed by atoms with Crippen molar-refractivity contribution in [2.45, 2.75) is 26.9 Å². The highest BCUT2D eigenvalue weighted by molar-refractivity contribution is 5.97. The van der Waals surface area contributed by atoms with E-state index in [-0.39, 0.29) is 42.8 Å². The van der Waals surface area contributed by atoms with Crippen LogP contribution in [0.2, 0.25) is 0 Å². The number of fused-ring (bicyclic) bond motifs is 2. The van der Waals surface area contributed by atoms with Crippen LogP contribution in [0.3, 0.4) is 0 Å². The number of nitrogens with two attached hydrogens (primary N) is 4. The molecule has 5 rings (SSSR count). The summed E-state index contributed by atoms with van der Waals surface area (Å²) in [6.45, 7) is 1.94. The van der Waals surface area contributed by atoms with E-state index >= 15 is 0 Å². The lowest BCUT2D eigenvalue weighted by atomic mass is 10.1. The van der Waals surface area contributed by atoms with Gasteiger partial charge in [0.25, 0.3) is 5.91 Å². The van der Waals surface area contributed by atoms with Gasteiger partial charge in [-0.2, -0.15) is 4.98 Å². The van der Waals surface area contributed by atoms with Gasteiger partial charge in [-0.25, -0.2) is 19.6 Å². The summed E-state index contributed by atoms with van der Waals surface area (Å²) in [5.41, 5.74) is 24.7. The maximum atomic E-state index is 12.5. The second-order valence-electron chi connectivity index (χ2n) is 9.06. The number of aromatic carboxylic acids is 1. The average Bonchev–Trinajstić information content (AvgIpc) is 3.51. The van der Waals surface area contributed by atoms with Gasteiger partial charge < -0.3 is 42.5 Å². The molecule has 1 atom stereocenters. The van der Waals surface area contributed by atoms with Crippen molar-refractivity contribution < 1.29 is 33.4 Å². The number of carbonyl (C=O) groups is 4. The van der Waals surface area contributed by atoms with Gasteiger partial charge in [0.05, 0.1) is 12.7 Å². The second kappa shape index (κ2) is 13.3. The van der Waals surface area contributed by atoms with Crippen LogP contribution in [0.15, 0.2) is 52.9 Å². The van der Waals surface area contributed by atoms with Crippen molar-refractivity contribution in [3.63, 3.8) is 0 Å². The van der Waals surface area contributed by atoms with Gasteiger partial charge in [-0.05, 0) is 35.4 Å². The van der Waals surface area contributed by atoms with Gasteiger partial charge in [-0.1, -0.05) is 25.6 Å². The fourth-order valence-electron chi connectivity index (χ4n) is 3.99. The lowest BCUT2D eigenvalue weighted by Gasteiger charge is -2.08. The number of rotatable bonds is 7. The van der Waals surface area contributed by atoms with E-state index < -0.39 is 29.8 Å². The zero-order valence-corrected chi connectivity index (χ0v) is 22.9. The smallest absolute Gasteiger partial charge is 0.353 e. The van der Waals surface area contributed by atoms with E-state index in [0.29, 0.717) is 28.1 Å². The number of carbonyl (C=O) groups excluding carboxylic acids is 3. The molecule has 0 aliphatic rings. The molecule has 0 saturated heterocycles. The van der Waals surface area contributed by atoms with Crippen LogP contribution < -0.4 is 28.3 Å². The molecule has 230 valence electrons. The summed E-state index contributed by atoms with van der Waals surface area (Å²) in [6, 6.07) is 11.8. The number of benzene rings is 2. The Kier molecular flexibility index (Phi) is 9.82. The van der Waals surface area contributed by atoms with Crippen LogP contribution in [-0.4, -0.2) is 55.3 Å². The first kappa shape index (κ1) is 32.5. The first-order chi connectivity index (χ1) is 20.4. The number of imidazole rings is 1. The predicted octanol–water partition coefficient (Wildman–Crippen LogP) is 1.57. The molecule has 2 amide bonds. The molecule has 0 spiro atoms. The van der Waals surface area contributed by atoms with Gasteiger partial charge in [-0.3, -0.25) is 14.0 Å². The van der Waals surface area contributed by atoms with Gasteiger partial charge >= 0.3 is 11.9 Å². The number of primary amides is 1. The summed E-state index contributed by atoms with van der Waals surface area (Å²) in [6.07, 6.45) is 0. The van der Waals surface area contributed by atoms with Crippen LogP contribution in [0.25, 0.3) is 16.7 Å². The number of carboxylic acid groups (broad SMARTS) is 1. The molecule has 16 nitrogen and oxygen atoms in total. The number of methoxy groups -OCH3 is 1. The SMILES string of the molecule is C.COC(=O)c1ccc([C@@H](N)C(N)=O)cc1.Cc1nc2cc(CNC(=O)c3cc(C(=O)O)n4c(N)nc(N)c4n3)ccc2o1. The van der Waals surface area contributed by atoms with Crippen molar-refractivity contribution in [3.8, 4) is 0 Å². The quantitative estimate of drug-likeness (QED) is 0.144. The normalized spacial score (nSPS) is 11.2. The number of esters is 1. The highest BCUT2D eigenvalue weighted by Gasteiger charge is 2.20. The van der Waals surface area contributed by atoms with Crippen molar-refractivity contribution in [3.05, 3.63) is 82.5 Å². The number of carboxylic acids is 1. The lowest BCUT2D eigenvalue weighted by Crippen LogP contribution is -2.28. The van der Waals surface area contributed by atoms with Gasteiger partial charge in [0.1, 0.15) is 22.9 Å². The molecule has 5 aromatic rings. The number of nitrogens with one attached hydrogen (secondary N) is 1. The number of anilines is 2. The molecule has 44 heavy (non-hydrogen) atoms. The van der Waals surface area contributed by atoms with E-state index in [2.05, 4.69) is 25.0 Å². The predicted molar refractivity (Wildman–Crippen MR) is 159 cm³/mol. The Morgan fingerprint density at radius 3 is 2.34 bits per heavy atom. The number of aryl methyl sites for hydroxylation is 1. The number of nitrogens with zero attached hydrogens (tertiary/aromatic N) is 4. The van der Waals surface area contributed by atoms with Crippen molar-refractivity contribution in [1.82, 2.24) is 24.7 Å². The highest BCUT2D eigenvalue weighted by atomic mass is 16.5. The van der Waals surface area contributed by atoms with Crippen LogP contribution in [0.4, 0.5) is 11.8 Å². The molecular formula is C28H31N9O7. The number of hydrogen-bond donors (Lipinski definition) is 6. The minimum atomic E-state index is -1.29. The number of nitrogen functional groups attached to an aromatic ring is 2. The third-order valence-electron chi connectivity index (χ3n) is 6.11. The Morgan fingerprint density at radius 1 is 1.05 bits per heavy atom. The Labute approximate surface area is 250 Å². The number of aromatic nitrogens is 4. The van der Waals surface area contributed by atoms with Gasteiger partial charge in [0.15, 0.2) is 22.9 Å². The summed E-state index contributed by atoms with van der Waals surface area (Å²) in [7, 11) is 1.30. The molecule has 3 aromatic heterocycles. The maximum Gasteiger partial charge on any atom is 0.353 e. The first-order valence-electron chi connectivity index (χ1n) is 12.4. The molecule has 0 fully saturated rings. The van der Waals surface area contributed by atoms with Crippen molar-refractivity contribution >= 4 is 52.3 Å². The maximum absolute atomic E-state index is 12.5. The van der Waals surface area contributed by atoms with E-state index in [1.807, 2.05) is 0 Å². The van der Waals surface area contributed by atoms with Crippen molar-refractivity contribution in [2.24, 2.45) is 11.5 Å². The Bertz CT molecular complexity index is 1860. The van der Waals surface area contributed by atoms with Gasteiger partial charge in [0, 0.05) is 19.5 Å². The average molecular weight is 606 g/mol. The van der Waals surface area contributed by atoms with Crippen LogP contribution in [0, 0.1) is 6.92 Å². The Morgan fingerprint density at radius 2 is 1.73 bits per heavy atom. The fraction of sp³-hybridized carbons (Fsp3) is 0.179. The largest absolute Gasteiger partial charge is 0.477 e. The summed E-state index contributed by atoms with van der Waals surface area (Å²) < 4.78 is 11.0. The van der Waals surface area contributed by atoms with Crippen LogP contribution in [0.5, 0.6) is 0 Å². The zero-order valence-electron chi connectivity index (χ0n) is 22.9. The summed E-state index contributed by atoms with van der Waals surface area (Å²) >= 11 is 0. The van der Waals surface area contributed by atoms with Crippen LogP contribution >= 0.6 is 0 Å². The van der Waals surface area contributed by atoms with E-state index in [0.717, 1.165) is 16.0 Å². The summed E-state index contributed by atoms with van der Waals surface area (Å²) in [5, 5.41) is 12.1. The number of oxazole rings is 1. The van der Waals surface area contributed by atoms with Crippen molar-refractivity contribution in [2.75, 3.05) is 18.6 Å². The van der Waals surface area contributed by atoms with E-state index in [9.17, 15) is 24.3 Å². The van der Waals surface area contributed by atoms with Crippen LogP contribution in [-0.2, 0) is 16.1 Å². The van der Waals surface area contributed by atoms with Crippen molar-refractivity contribution in [1.29, 1.82) is 0 Å². The summed E-state index contributed by atoms with van der Waals surface area (Å²) in [5.74, 6) is -2.55. The molecule has 0 saturated carbocycles. The number of hydrogen-bond acceptors (Lipinski definition) is 12. The van der Waals surface area contributed by atoms with Crippen LogP contribution in [0.1, 0.15) is 61.8 Å². The monoisotopic (exact) mass is 605 g/mol. The molecule has 0 aliphatic heterocycles. The highest BCUT2D eigenvalue weighted by Crippen LogP contribution is 2.20. The molecule has 3 heterocycles. The fourth-order valence-corrected chi connectivity index (χ4v) is 3.99. The Balaban J connectivity index is 0.000000282. The molecule has 16 heteroatoms. The molecule has 2 aromatic carbocycles. The van der Waals surface area contributed by atoms with E-state index in [4.69, 9.17) is 27.4 Å². The topological polar surface area (TPSA) is 270 Å². The third kappa shape index (κ3) is 6.88. The molecular weight excluding hydrogens is 574 g/mol. The third-order valence-corrected chi connectivity index (χ3v) is 6.11. The molecule has 10 N–H and O–H groups in total. The Hall–Kier alpha value is -6.03. The number of amides is 2. The second-order valence-corrected chi connectivity index (χ2v) is 9.06. The first-order valence-corrected chi connectivity index (χ1v) is 12.4. The number of ether oxygens (including phenoxy) is 1. The molecule has 0 radical (unpaired) electrons. The molecule has 0 aliphatic carbocycles. The summed E-state index contributed by atoms with van der Waals surface area (Å²) in [4.78, 5) is 58.1. The van der Waals surface area contributed by atoms with E-state index in [1.54, 1.807) is 37.3 Å². The lowest BCUT2D eigenvalue weighted by molar-refractivity contribution is -0.119. The zero-order chi connectivity index (χ0) is 31.4. The molecule has 0 bridgehead atoms. The standard InChI is InChI=1S/C17H15N7O4.C10H12N2O3.CH4/c1-7-21-9-4-8(2-3-12(9)28-7)6-20-15(25)10-5-11(16(26)27)24-14(22-10)13(18)23-17(24)19;1-15-10(14)7-4-2-6(3-5-7)8(11)9(12)13;/h2-5H,6,18H2,1H3,(H2,19,23)(H,20,25)(H,26,27);2-5,8H,11H2,1H3,(H2,12,13);1H4/t;8-;/m.1./s1. The van der Waals surface area contributed by atoms with Gasteiger partial charge in [0.2, 0.25) is 11.9 Å². The molecule has 0 unspecified atom stereocenters. The van der Waals surface area contributed by atoms with Gasteiger partial charge in [-0.15, -0.1) is 0 Å².